The van der Waals surface area contributed by atoms with E-state index in [-0.39, 0.29) is 64.7 Å². The first kappa shape index (κ1) is 11.8. The molecule has 3 nitrogen and oxygen atoms in total. The third-order valence-electron chi connectivity index (χ3n) is 0.588. The minimum atomic E-state index is -0.375. The summed E-state index contributed by atoms with van der Waals surface area (Å²) in [4.78, 5) is 14.0. The van der Waals surface area contributed by atoms with E-state index in [4.69, 9.17) is 0 Å². The van der Waals surface area contributed by atoms with Crippen molar-refractivity contribution in [3.8, 4) is 0 Å². The molecule has 0 saturated heterocycles. The number of rotatable bonds is 1. The van der Waals surface area contributed by atoms with Gasteiger partial charge < -0.3 is 6.26 Å². The fourth-order valence-electron chi connectivity index (χ4n) is 0.136. The van der Waals surface area contributed by atoms with Gasteiger partial charge in [0.2, 0.25) is 0 Å². The van der Waals surface area contributed by atoms with E-state index >= 15 is 0 Å². The fraction of sp³-hybridized carbons (Fsp3) is 0.750. The third kappa shape index (κ3) is 5.21. The predicted molar refractivity (Wildman–Crippen MR) is 26.2 cm³/mol. The van der Waals surface area contributed by atoms with E-state index in [9.17, 15) is 4.79 Å². The van der Waals surface area contributed by atoms with Crippen molar-refractivity contribution in [3.63, 3.8) is 0 Å². The Labute approximate surface area is 92.8 Å². The summed E-state index contributed by atoms with van der Waals surface area (Å²) < 4.78 is 0. The van der Waals surface area contributed by atoms with Crippen LogP contribution in [0.25, 0.3) is 0 Å². The minimum Gasteiger partial charge on any atom is -1.00 e. The van der Waals surface area contributed by atoms with Crippen LogP contribution in [0.3, 0.4) is 0 Å². The molecule has 2 N–H and O–H groups in total. The summed E-state index contributed by atoms with van der Waals surface area (Å²) >= 11 is 0. The molecule has 0 aromatic carbocycles. The van der Waals surface area contributed by atoms with Gasteiger partial charge in [0.25, 0.3) is 0 Å². The van der Waals surface area contributed by atoms with Crippen LogP contribution in [0.15, 0.2) is 0 Å². The van der Waals surface area contributed by atoms with Gasteiger partial charge in [-0.1, -0.05) is 13.8 Å². The van der Waals surface area contributed by atoms with Gasteiger partial charge in [0.1, 0.15) is 0 Å². The van der Waals surface area contributed by atoms with E-state index in [1.165, 1.54) is 0 Å². The molecule has 0 atom stereocenters. The standard InChI is InChI=1S/C4H9NO2.K.H/c1-3(2)4(6)7-5;;/h3H,5H2,1-2H3;;/q;+1;-1. The Morgan fingerprint density at radius 1 is 1.75 bits per heavy atom. The Balaban J connectivity index is -0.000000180. The summed E-state index contributed by atoms with van der Waals surface area (Å²) in [6.45, 7) is 3.43. The summed E-state index contributed by atoms with van der Waals surface area (Å²) in [5, 5.41) is 0. The second kappa shape index (κ2) is 6.19. The van der Waals surface area contributed by atoms with Crippen LogP contribution in [0.4, 0.5) is 0 Å². The first-order valence-corrected chi connectivity index (χ1v) is 2.09. The Bertz CT molecular complexity index is 79.0. The van der Waals surface area contributed by atoms with Gasteiger partial charge in [0.05, 0.1) is 5.92 Å². The summed E-state index contributed by atoms with van der Waals surface area (Å²) in [5.41, 5.74) is 0. The maximum absolute atomic E-state index is 10.2. The largest absolute Gasteiger partial charge is 1.00 e. The number of carbonyl (C=O) groups is 1. The molecule has 0 spiro atoms. The van der Waals surface area contributed by atoms with Gasteiger partial charge in [-0.05, 0) is 0 Å². The zero-order valence-electron chi connectivity index (χ0n) is 6.47. The number of nitrogens with two attached hydrogens (primary N) is 1. The second-order valence-corrected chi connectivity index (χ2v) is 1.59. The molecule has 0 rings (SSSR count). The molecule has 44 valence electrons. The molecule has 0 aliphatic carbocycles. The van der Waals surface area contributed by atoms with Crippen LogP contribution >= 0.6 is 0 Å². The van der Waals surface area contributed by atoms with Gasteiger partial charge in [-0.25, -0.2) is 0 Å². The van der Waals surface area contributed by atoms with E-state index in [0.29, 0.717) is 0 Å². The van der Waals surface area contributed by atoms with Crippen molar-refractivity contribution >= 4 is 5.97 Å². The van der Waals surface area contributed by atoms with Gasteiger partial charge in [-0.2, -0.15) is 5.90 Å². The van der Waals surface area contributed by atoms with Gasteiger partial charge in [-0.15, -0.1) is 0 Å². The molecule has 0 aliphatic heterocycles. The van der Waals surface area contributed by atoms with Crippen molar-refractivity contribution in [2.45, 2.75) is 13.8 Å². The van der Waals surface area contributed by atoms with Crippen LogP contribution in [0.1, 0.15) is 15.3 Å². The smallest absolute Gasteiger partial charge is 1.00 e. The third-order valence-corrected chi connectivity index (χ3v) is 0.588. The molecule has 0 bridgehead atoms. The van der Waals surface area contributed by atoms with Gasteiger partial charge in [0.15, 0.2) is 0 Å². The van der Waals surface area contributed by atoms with Crippen molar-refractivity contribution in [1.82, 2.24) is 0 Å². The SMILES string of the molecule is CC(C)C(=O)ON.[H-].[K+]. The molecule has 0 unspecified atom stereocenters. The van der Waals surface area contributed by atoms with E-state index in [0.717, 1.165) is 0 Å². The molecular formula is C4H10KNO2. The molecule has 0 saturated carbocycles. The van der Waals surface area contributed by atoms with Crippen LogP contribution in [0.2, 0.25) is 0 Å². The van der Waals surface area contributed by atoms with Crippen LogP contribution < -0.4 is 57.3 Å². The van der Waals surface area contributed by atoms with E-state index in [2.05, 4.69) is 10.7 Å². The number of carbonyl (C=O) groups excluding carboxylic acids is 1. The molecule has 4 heteroatoms. The normalized spacial score (nSPS) is 8.00. The molecule has 0 radical (unpaired) electrons. The Hall–Kier alpha value is 1.07. The Kier molecular flexibility index (Phi) is 9.14. The van der Waals surface area contributed by atoms with Crippen molar-refractivity contribution in [3.05, 3.63) is 0 Å². The van der Waals surface area contributed by atoms with Crippen LogP contribution in [0, 0.1) is 5.92 Å². The molecule has 0 fully saturated rings. The maximum atomic E-state index is 10.2. The first-order chi connectivity index (χ1) is 3.18. The van der Waals surface area contributed by atoms with Gasteiger partial charge >= 0.3 is 57.4 Å². The van der Waals surface area contributed by atoms with Crippen molar-refractivity contribution in [2.24, 2.45) is 11.8 Å². The van der Waals surface area contributed by atoms with E-state index in [1.807, 2.05) is 0 Å². The van der Waals surface area contributed by atoms with Crippen LogP contribution in [-0.2, 0) is 9.63 Å². The summed E-state index contributed by atoms with van der Waals surface area (Å²) in [6.07, 6.45) is 0. The maximum Gasteiger partial charge on any atom is 1.00 e. The monoisotopic (exact) mass is 143 g/mol. The number of hydrogen-bond donors (Lipinski definition) is 1. The van der Waals surface area contributed by atoms with E-state index < -0.39 is 0 Å². The Morgan fingerprint density at radius 3 is 2.12 bits per heavy atom. The fourth-order valence-corrected chi connectivity index (χ4v) is 0.136. The number of hydrogen-bond acceptors (Lipinski definition) is 3. The molecule has 0 amide bonds. The van der Waals surface area contributed by atoms with Gasteiger partial charge in [-0.3, -0.25) is 4.79 Å². The predicted octanol–water partition coefficient (Wildman–Crippen LogP) is -2.82. The van der Waals surface area contributed by atoms with Crippen LogP contribution in [-0.4, -0.2) is 5.97 Å². The van der Waals surface area contributed by atoms with Crippen molar-refractivity contribution in [2.75, 3.05) is 0 Å². The second-order valence-electron chi connectivity index (χ2n) is 1.59. The van der Waals surface area contributed by atoms with Gasteiger partial charge in [0, 0.05) is 0 Å². The van der Waals surface area contributed by atoms with Crippen molar-refractivity contribution < 1.29 is 62.4 Å². The van der Waals surface area contributed by atoms with Crippen molar-refractivity contribution in [1.29, 1.82) is 0 Å². The minimum absolute atomic E-state index is 0. The first-order valence-electron chi connectivity index (χ1n) is 2.09. The average molecular weight is 143 g/mol. The molecule has 0 aliphatic rings. The molecule has 8 heavy (non-hydrogen) atoms. The average Bonchev–Trinajstić information content (AvgIpc) is 1.65. The molecule has 0 heterocycles. The summed E-state index contributed by atoms with van der Waals surface area (Å²) in [6, 6.07) is 0. The molecular weight excluding hydrogens is 133 g/mol. The summed E-state index contributed by atoms with van der Waals surface area (Å²) in [7, 11) is 0. The molecule has 0 aromatic rings. The topological polar surface area (TPSA) is 52.3 Å². The summed E-state index contributed by atoms with van der Waals surface area (Å²) in [5.74, 6) is 4.03. The zero-order chi connectivity index (χ0) is 5.86. The van der Waals surface area contributed by atoms with Crippen LogP contribution in [0.5, 0.6) is 0 Å². The molecule has 0 aromatic heterocycles. The van der Waals surface area contributed by atoms with E-state index in [1.54, 1.807) is 13.8 Å². The quantitative estimate of drug-likeness (QED) is 0.318. The Morgan fingerprint density at radius 2 is 2.12 bits per heavy atom. The zero-order valence-corrected chi connectivity index (χ0v) is 8.59.